The predicted molar refractivity (Wildman–Crippen MR) is 154 cm³/mol. The molecule has 0 amide bonds. The van der Waals surface area contributed by atoms with Crippen molar-refractivity contribution in [2.24, 2.45) is 0 Å². The third-order valence-corrected chi connectivity index (χ3v) is 6.95. The molecule has 0 saturated carbocycles. The van der Waals surface area contributed by atoms with Crippen LogP contribution in [0.25, 0.3) is 33.4 Å². The number of hydrogen-bond acceptors (Lipinski definition) is 7. The number of aromatic nitrogens is 1. The molecule has 0 saturated heterocycles. The molecule has 0 fully saturated rings. The molecule has 5 rings (SSSR count). The van der Waals surface area contributed by atoms with Crippen LogP contribution in [-0.4, -0.2) is 17.7 Å². The van der Waals surface area contributed by atoms with Gasteiger partial charge >= 0.3 is 5.97 Å². The normalized spacial score (nSPS) is 11.1. The first-order chi connectivity index (χ1) is 19.4. The molecule has 5 aromatic rings. The number of halogens is 2. The van der Waals surface area contributed by atoms with Crippen molar-refractivity contribution in [2.75, 3.05) is 6.61 Å². The summed E-state index contributed by atoms with van der Waals surface area (Å²) in [7, 11) is 0. The summed E-state index contributed by atoms with van der Waals surface area (Å²) in [6, 6.07) is 19.2. The molecule has 7 nitrogen and oxygen atoms in total. The van der Waals surface area contributed by atoms with E-state index in [1.54, 1.807) is 37.3 Å². The van der Waals surface area contributed by atoms with Crippen LogP contribution >= 0.6 is 23.2 Å². The number of carbonyl (C=O) groups excluding carboxylic acids is 1. The van der Waals surface area contributed by atoms with Gasteiger partial charge in [-0.1, -0.05) is 59.5 Å². The Bertz CT molecular complexity index is 1720. The molecule has 9 heteroatoms. The van der Waals surface area contributed by atoms with Crippen molar-refractivity contribution in [1.82, 2.24) is 5.16 Å². The quantitative estimate of drug-likeness (QED) is 0.163. The van der Waals surface area contributed by atoms with Gasteiger partial charge in [0.25, 0.3) is 0 Å². The van der Waals surface area contributed by atoms with Crippen LogP contribution in [0.5, 0.6) is 5.75 Å². The van der Waals surface area contributed by atoms with Crippen LogP contribution in [-0.2, 0) is 17.8 Å². The van der Waals surface area contributed by atoms with Crippen LogP contribution in [0, 0.1) is 0 Å². The first kappa shape index (κ1) is 27.5. The Kier molecular flexibility index (Phi) is 8.24. The number of benzene rings is 3. The monoisotopic (exact) mass is 577 g/mol. The second-order valence-electron chi connectivity index (χ2n) is 9.00. The number of carbonyl (C=O) groups is 1. The number of nitrogens with zero attached hydrogens (tertiary/aromatic N) is 1. The zero-order chi connectivity index (χ0) is 28.2. The van der Waals surface area contributed by atoms with E-state index in [2.05, 4.69) is 12.1 Å². The lowest BCUT2D eigenvalue weighted by Gasteiger charge is -2.10. The molecule has 0 unspecified atom stereocenters. The van der Waals surface area contributed by atoms with Gasteiger partial charge in [-0.05, 0) is 60.9 Å². The molecule has 2 aromatic heterocycles. The fourth-order valence-corrected chi connectivity index (χ4v) is 4.95. The van der Waals surface area contributed by atoms with Crippen LogP contribution in [0.1, 0.15) is 42.1 Å². The highest BCUT2D eigenvalue weighted by molar-refractivity contribution is 6.39. The smallest absolute Gasteiger partial charge is 0.374 e. The molecule has 204 valence electrons. The van der Waals surface area contributed by atoms with Gasteiger partial charge in [-0.3, -0.25) is 4.79 Å². The summed E-state index contributed by atoms with van der Waals surface area (Å²) < 4.78 is 22.4. The van der Waals surface area contributed by atoms with Crippen LogP contribution in [0.3, 0.4) is 0 Å². The van der Waals surface area contributed by atoms with E-state index in [1.807, 2.05) is 30.3 Å². The molecule has 0 bridgehead atoms. The second-order valence-corrected chi connectivity index (χ2v) is 9.81. The summed E-state index contributed by atoms with van der Waals surface area (Å²) in [4.78, 5) is 24.6. The summed E-state index contributed by atoms with van der Waals surface area (Å²) in [5.41, 5.74) is 3.64. The Labute approximate surface area is 240 Å². The largest absolute Gasteiger partial charge is 0.489 e. The maximum absolute atomic E-state index is 12.5. The molecule has 0 atom stereocenters. The molecule has 3 aromatic carbocycles. The van der Waals surface area contributed by atoms with Crippen molar-refractivity contribution in [1.29, 1.82) is 0 Å². The van der Waals surface area contributed by atoms with Crippen molar-refractivity contribution in [3.05, 3.63) is 104 Å². The number of hydrogen-bond donors (Lipinski definition) is 0. The highest BCUT2D eigenvalue weighted by Crippen LogP contribution is 2.37. The zero-order valence-corrected chi connectivity index (χ0v) is 23.3. The number of aryl methyl sites for hydroxylation is 1. The van der Waals surface area contributed by atoms with E-state index in [0.717, 1.165) is 34.9 Å². The minimum Gasteiger partial charge on any atom is -0.489 e. The van der Waals surface area contributed by atoms with E-state index in [0.29, 0.717) is 44.4 Å². The molecule has 0 aliphatic heterocycles. The summed E-state index contributed by atoms with van der Waals surface area (Å²) in [6.45, 7) is 4.14. The van der Waals surface area contributed by atoms with Gasteiger partial charge in [-0.15, -0.1) is 0 Å². The Hall–Kier alpha value is -4.07. The van der Waals surface area contributed by atoms with Gasteiger partial charge < -0.3 is 18.4 Å². The number of esters is 1. The molecule has 40 heavy (non-hydrogen) atoms. The van der Waals surface area contributed by atoms with E-state index < -0.39 is 5.97 Å². The average molecular weight is 578 g/mol. The first-order valence-corrected chi connectivity index (χ1v) is 13.5. The van der Waals surface area contributed by atoms with E-state index in [-0.39, 0.29) is 24.4 Å². The van der Waals surface area contributed by atoms with Gasteiger partial charge in [-0.2, -0.15) is 0 Å². The van der Waals surface area contributed by atoms with Crippen LogP contribution in [0.2, 0.25) is 10.0 Å². The van der Waals surface area contributed by atoms with Crippen molar-refractivity contribution < 1.29 is 23.2 Å². The van der Waals surface area contributed by atoms with Gasteiger partial charge in [0, 0.05) is 18.1 Å². The maximum Gasteiger partial charge on any atom is 0.374 e. The Morgan fingerprint density at radius 2 is 1.68 bits per heavy atom. The lowest BCUT2D eigenvalue weighted by molar-refractivity contribution is 0.0490. The van der Waals surface area contributed by atoms with Crippen molar-refractivity contribution in [3.63, 3.8) is 0 Å². The Morgan fingerprint density at radius 3 is 2.38 bits per heavy atom. The molecule has 0 aliphatic carbocycles. The van der Waals surface area contributed by atoms with Crippen LogP contribution in [0.15, 0.2) is 80.5 Å². The molecule has 0 spiro atoms. The molecular formula is C31H25Cl2NO6. The van der Waals surface area contributed by atoms with Crippen LogP contribution < -0.4 is 10.2 Å². The van der Waals surface area contributed by atoms with Gasteiger partial charge in [0.15, 0.2) is 5.43 Å². The highest BCUT2D eigenvalue weighted by atomic mass is 35.5. The molecule has 0 aliphatic rings. The minimum absolute atomic E-state index is 0.131. The summed E-state index contributed by atoms with van der Waals surface area (Å²) >= 11 is 12.9. The van der Waals surface area contributed by atoms with Gasteiger partial charge in [0.1, 0.15) is 29.4 Å². The molecule has 2 heterocycles. The third-order valence-electron chi connectivity index (χ3n) is 6.32. The Balaban J connectivity index is 1.39. The average Bonchev–Trinajstić information content (AvgIpc) is 3.34. The van der Waals surface area contributed by atoms with Crippen molar-refractivity contribution in [3.8, 4) is 28.1 Å². The molecular weight excluding hydrogens is 553 g/mol. The number of fused-ring (bicyclic) bond motifs is 1. The van der Waals surface area contributed by atoms with E-state index >= 15 is 0 Å². The molecule has 0 N–H and O–H groups in total. The summed E-state index contributed by atoms with van der Waals surface area (Å²) in [5.74, 6) is 0.558. The van der Waals surface area contributed by atoms with Crippen LogP contribution in [0.4, 0.5) is 0 Å². The summed E-state index contributed by atoms with van der Waals surface area (Å²) in [6.07, 6.45) is 1.57. The van der Waals surface area contributed by atoms with Gasteiger partial charge in [0.05, 0.1) is 27.6 Å². The topological polar surface area (TPSA) is 91.8 Å². The van der Waals surface area contributed by atoms with Gasteiger partial charge in [0.2, 0.25) is 5.76 Å². The maximum atomic E-state index is 12.5. The second kappa shape index (κ2) is 12.0. The fraction of sp³-hybridized carbons (Fsp3) is 0.194. The lowest BCUT2D eigenvalue weighted by atomic mass is 10.0. The standard InChI is InChI=1S/C31H25Cl2NO6/c1-3-6-26-22(30(34-40-26)29-23(32)7-5-8-24(29)33)17-38-20-12-9-18(10-13-20)19-11-14-21-25(35)16-28(31(36)37-4-2)39-27(21)15-19/h5,7-16H,3-4,6,17H2,1-2H3. The number of rotatable bonds is 9. The van der Waals surface area contributed by atoms with E-state index in [9.17, 15) is 9.59 Å². The lowest BCUT2D eigenvalue weighted by Crippen LogP contribution is -2.09. The van der Waals surface area contributed by atoms with Gasteiger partial charge in [-0.25, -0.2) is 4.79 Å². The first-order valence-electron chi connectivity index (χ1n) is 12.8. The van der Waals surface area contributed by atoms with Crippen molar-refractivity contribution >= 4 is 40.1 Å². The number of ether oxygens (including phenoxy) is 2. The van der Waals surface area contributed by atoms with E-state index in [1.165, 1.54) is 0 Å². The Morgan fingerprint density at radius 1 is 0.950 bits per heavy atom. The minimum atomic E-state index is -0.678. The SMILES string of the molecule is CCCc1onc(-c2c(Cl)cccc2Cl)c1COc1ccc(-c2ccc3c(=O)cc(C(=O)OCC)oc3c2)cc1. The van der Waals surface area contributed by atoms with Crippen molar-refractivity contribution in [2.45, 2.75) is 33.3 Å². The fourth-order valence-electron chi connectivity index (χ4n) is 4.37. The van der Waals surface area contributed by atoms with E-state index in [4.69, 9.17) is 41.6 Å². The predicted octanol–water partition coefficient (Wildman–Crippen LogP) is 8.13. The zero-order valence-electron chi connectivity index (χ0n) is 21.8. The highest BCUT2D eigenvalue weighted by Gasteiger charge is 2.22. The molecule has 0 radical (unpaired) electrons. The third kappa shape index (κ3) is 5.62. The summed E-state index contributed by atoms with van der Waals surface area (Å²) in [5, 5.41) is 5.61.